The number of rotatable bonds is 9. The second-order valence-electron chi connectivity index (χ2n) is 21.6. The number of nitrogens with zero attached hydrogens (tertiary/aromatic N) is 4. The van der Waals surface area contributed by atoms with Gasteiger partial charge in [0.15, 0.2) is 0 Å². The third kappa shape index (κ3) is 8.66. The highest BCUT2D eigenvalue weighted by Gasteiger charge is 2.48. The largest absolute Gasteiger partial charge is 0.457 e. The zero-order valence-corrected chi connectivity index (χ0v) is 41.9. The first kappa shape index (κ1) is 46.0. The van der Waals surface area contributed by atoms with Gasteiger partial charge in [-0.1, -0.05) is 165 Å². The van der Waals surface area contributed by atoms with Gasteiger partial charge in [-0.25, -0.2) is 0 Å². The zero-order valence-electron chi connectivity index (χ0n) is 41.9. The van der Waals surface area contributed by atoms with Gasteiger partial charge in [0, 0.05) is 40.7 Å². The molecule has 0 fully saturated rings. The highest BCUT2D eigenvalue weighted by atomic mass is 16.5. The van der Waals surface area contributed by atoms with Gasteiger partial charge in [0.25, 0.3) is 0 Å². The van der Waals surface area contributed by atoms with E-state index in [-0.39, 0.29) is 16.2 Å². The Hall–Kier alpha value is -7.76. The van der Waals surface area contributed by atoms with E-state index in [2.05, 4.69) is 242 Å². The Kier molecular flexibility index (Phi) is 11.8. The Morgan fingerprint density at radius 2 is 0.971 bits per heavy atom. The molecular formula is C65H62N4O. The first-order chi connectivity index (χ1) is 33.6. The summed E-state index contributed by atoms with van der Waals surface area (Å²) in [6.07, 6.45) is 3.82. The first-order valence-electron chi connectivity index (χ1n) is 24.5. The maximum Gasteiger partial charge on any atom is 0.128 e. The molecule has 0 amide bonds. The topological polar surface area (TPSA) is 41.5 Å². The molecule has 3 heterocycles. The van der Waals surface area contributed by atoms with Gasteiger partial charge in [-0.05, 0) is 147 Å². The highest BCUT2D eigenvalue weighted by Crippen LogP contribution is 2.59. The van der Waals surface area contributed by atoms with Gasteiger partial charge in [0.05, 0.1) is 28.2 Å². The molecule has 9 aromatic rings. The van der Waals surface area contributed by atoms with Crippen molar-refractivity contribution < 1.29 is 4.74 Å². The number of ether oxygens (including phenoxy) is 1. The molecular weight excluding hydrogens is 853 g/mol. The fourth-order valence-corrected chi connectivity index (χ4v) is 9.94. The van der Waals surface area contributed by atoms with Crippen LogP contribution >= 0.6 is 0 Å². The predicted octanol–water partition coefficient (Wildman–Crippen LogP) is 17.5. The summed E-state index contributed by atoms with van der Waals surface area (Å²) in [5, 5.41) is 0. The van der Waals surface area contributed by atoms with Crippen LogP contribution in [0.15, 0.2) is 213 Å². The Morgan fingerprint density at radius 3 is 1.53 bits per heavy atom. The second kappa shape index (κ2) is 18.0. The van der Waals surface area contributed by atoms with E-state index in [1.54, 1.807) is 0 Å². The molecule has 0 radical (unpaired) electrons. The number of fused-ring (bicyclic) bond motifs is 2. The normalized spacial score (nSPS) is 13.3. The van der Waals surface area contributed by atoms with Gasteiger partial charge in [0.2, 0.25) is 0 Å². The lowest BCUT2D eigenvalue weighted by Gasteiger charge is -2.47. The molecule has 0 saturated heterocycles. The molecule has 2 aromatic heterocycles. The molecule has 348 valence electrons. The van der Waals surface area contributed by atoms with Gasteiger partial charge in [0.1, 0.15) is 11.5 Å². The van der Waals surface area contributed by atoms with E-state index in [0.717, 1.165) is 68.1 Å². The summed E-state index contributed by atoms with van der Waals surface area (Å²) >= 11 is 0. The van der Waals surface area contributed by atoms with Crippen LogP contribution in [0.1, 0.15) is 101 Å². The highest BCUT2D eigenvalue weighted by molar-refractivity contribution is 5.90. The van der Waals surface area contributed by atoms with Crippen molar-refractivity contribution in [2.24, 2.45) is 0 Å². The number of anilines is 6. The molecule has 0 spiro atoms. The van der Waals surface area contributed by atoms with Crippen LogP contribution in [0.2, 0.25) is 0 Å². The number of hydrogen-bond acceptors (Lipinski definition) is 5. The van der Waals surface area contributed by atoms with E-state index >= 15 is 0 Å². The molecule has 5 nitrogen and oxygen atoms in total. The molecule has 70 heavy (non-hydrogen) atoms. The van der Waals surface area contributed by atoms with Gasteiger partial charge < -0.3 is 14.5 Å². The maximum atomic E-state index is 6.96. The lowest BCUT2D eigenvalue weighted by molar-refractivity contribution is 0.481. The molecule has 0 bridgehead atoms. The third-order valence-electron chi connectivity index (χ3n) is 13.7. The van der Waals surface area contributed by atoms with Crippen LogP contribution in [0.3, 0.4) is 0 Å². The third-order valence-corrected chi connectivity index (χ3v) is 13.7. The molecule has 0 saturated carbocycles. The number of aromatic nitrogens is 2. The Bertz CT molecular complexity index is 3180. The fraction of sp³-hybridized carbons (Fsp3) is 0.200. The van der Waals surface area contributed by atoms with Crippen molar-refractivity contribution in [3.8, 4) is 22.8 Å². The minimum absolute atomic E-state index is 0.0248. The summed E-state index contributed by atoms with van der Waals surface area (Å²) < 4.78 is 6.96. The zero-order chi connectivity index (χ0) is 48.8. The molecule has 1 aliphatic rings. The van der Waals surface area contributed by atoms with Crippen LogP contribution in [0.5, 0.6) is 11.5 Å². The number of benzene rings is 7. The summed E-state index contributed by atoms with van der Waals surface area (Å²) in [6.45, 7) is 20.6. The monoisotopic (exact) mass is 914 g/mol. The smallest absolute Gasteiger partial charge is 0.128 e. The van der Waals surface area contributed by atoms with Crippen LogP contribution < -0.4 is 14.5 Å². The van der Waals surface area contributed by atoms with Crippen LogP contribution in [0, 0.1) is 0 Å². The molecule has 1 aliphatic heterocycles. The van der Waals surface area contributed by atoms with Gasteiger partial charge in [-0.2, -0.15) is 0 Å². The standard InChI is InChI=1S/C65H62N4O/c1-62(2,3)46-29-33-52(34-30-46)69-59-35-31-47(63(4,5)6)42-56(59)65(61-28-16-17-38-67-61,57-43-48(64(7,8)9)32-36-60(57)69)49-21-19-27-55(41-49)70-54-26-18-20-45(40-54)58-44-53(37-39-66-58)68(50-22-12-10-13-23-50)51-24-14-11-15-25-51/h10-44H,1-9H3. The molecule has 0 aliphatic carbocycles. The number of hydrogen-bond donors (Lipinski definition) is 0. The Balaban J connectivity index is 1.13. The van der Waals surface area contributed by atoms with E-state index in [1.165, 1.54) is 27.8 Å². The van der Waals surface area contributed by atoms with Crippen molar-refractivity contribution in [1.82, 2.24) is 9.97 Å². The minimum atomic E-state index is -0.842. The SMILES string of the molecule is CC(C)(C)c1ccc(N2c3ccc(C(C)(C)C)cc3C(c3cccc(Oc4cccc(-c5cc(N(c6ccccc6)c6ccccc6)ccn5)c4)c3)(c3ccccn3)c3cc(C(C)(C)C)ccc32)cc1. The van der Waals surface area contributed by atoms with Crippen molar-refractivity contribution in [2.75, 3.05) is 9.80 Å². The van der Waals surface area contributed by atoms with E-state index in [0.29, 0.717) is 0 Å². The van der Waals surface area contributed by atoms with Crippen molar-refractivity contribution in [2.45, 2.75) is 84.0 Å². The van der Waals surface area contributed by atoms with Gasteiger partial charge in [-0.3, -0.25) is 9.97 Å². The number of para-hydroxylation sites is 2. The van der Waals surface area contributed by atoms with E-state index in [9.17, 15) is 0 Å². The van der Waals surface area contributed by atoms with Crippen LogP contribution in [-0.2, 0) is 21.7 Å². The molecule has 7 aromatic carbocycles. The molecule has 10 rings (SSSR count). The fourth-order valence-electron chi connectivity index (χ4n) is 9.94. The van der Waals surface area contributed by atoms with Crippen LogP contribution in [0.25, 0.3) is 11.3 Å². The Labute approximate surface area is 415 Å². The molecule has 0 atom stereocenters. The van der Waals surface area contributed by atoms with Crippen molar-refractivity contribution in [3.63, 3.8) is 0 Å². The lowest BCUT2D eigenvalue weighted by atomic mass is 9.62. The van der Waals surface area contributed by atoms with Crippen LogP contribution in [-0.4, -0.2) is 9.97 Å². The van der Waals surface area contributed by atoms with Crippen LogP contribution in [0.4, 0.5) is 34.1 Å². The summed E-state index contributed by atoms with van der Waals surface area (Å²) in [5.74, 6) is 1.45. The minimum Gasteiger partial charge on any atom is -0.457 e. The quantitative estimate of drug-likeness (QED) is 0.144. The maximum absolute atomic E-state index is 6.96. The molecule has 0 N–H and O–H groups in total. The van der Waals surface area contributed by atoms with E-state index in [4.69, 9.17) is 14.7 Å². The summed E-state index contributed by atoms with van der Waals surface area (Å²) in [7, 11) is 0. The van der Waals surface area contributed by atoms with Gasteiger partial charge >= 0.3 is 0 Å². The summed E-state index contributed by atoms with van der Waals surface area (Å²) in [5.41, 5.74) is 15.4. The lowest BCUT2D eigenvalue weighted by Crippen LogP contribution is -2.39. The summed E-state index contributed by atoms with van der Waals surface area (Å²) in [6, 6.07) is 71.7. The Morgan fingerprint density at radius 1 is 0.429 bits per heavy atom. The van der Waals surface area contributed by atoms with Crippen molar-refractivity contribution in [1.29, 1.82) is 0 Å². The predicted molar refractivity (Wildman–Crippen MR) is 291 cm³/mol. The van der Waals surface area contributed by atoms with E-state index < -0.39 is 5.41 Å². The van der Waals surface area contributed by atoms with E-state index in [1.807, 2.05) is 42.7 Å². The average molecular weight is 915 g/mol. The first-order valence-corrected chi connectivity index (χ1v) is 24.5. The summed E-state index contributed by atoms with van der Waals surface area (Å²) in [4.78, 5) is 14.9. The molecule has 5 heteroatoms. The average Bonchev–Trinajstić information content (AvgIpc) is 3.36. The second-order valence-corrected chi connectivity index (χ2v) is 21.6. The van der Waals surface area contributed by atoms with Gasteiger partial charge in [-0.15, -0.1) is 0 Å². The van der Waals surface area contributed by atoms with Crippen molar-refractivity contribution >= 4 is 34.1 Å². The molecule has 0 unspecified atom stereocenters. The number of pyridine rings is 2. The van der Waals surface area contributed by atoms with Crippen molar-refractivity contribution in [3.05, 3.63) is 252 Å².